The van der Waals surface area contributed by atoms with E-state index < -0.39 is 34.9 Å². The molecule has 0 unspecified atom stereocenters. The van der Waals surface area contributed by atoms with Gasteiger partial charge in [-0.05, 0) is 6.92 Å². The number of aliphatic carboxylic acids is 1. The molecule has 4 N–H and O–H groups in total. The smallest absolute Gasteiger partial charge is 0.304 e. The molecule has 102 valence electrons. The number of nitrogens with one attached hydrogen (secondary N) is 1. The molecule has 0 aromatic carbocycles. The molecule has 0 saturated carbocycles. The molecule has 0 saturated heterocycles. The first-order valence-corrected chi connectivity index (χ1v) is 6.29. The van der Waals surface area contributed by atoms with Gasteiger partial charge in [-0.25, -0.2) is 0 Å². The summed E-state index contributed by atoms with van der Waals surface area (Å²) in [5, 5.41) is 26.3. The van der Waals surface area contributed by atoms with Gasteiger partial charge in [0, 0.05) is 13.6 Å². The van der Waals surface area contributed by atoms with Gasteiger partial charge in [0.05, 0.1) is 25.2 Å². The van der Waals surface area contributed by atoms with E-state index in [0.29, 0.717) is 0 Å². The molecule has 0 aliphatic heterocycles. The first kappa shape index (κ1) is 16.3. The Bertz CT molecular complexity index is 351. The lowest BCUT2D eigenvalue weighted by molar-refractivity contribution is -0.137. The van der Waals surface area contributed by atoms with Crippen molar-refractivity contribution in [2.75, 3.05) is 26.8 Å². The number of aliphatic hydroxyl groups is 2. The van der Waals surface area contributed by atoms with E-state index in [9.17, 15) is 13.2 Å². The first-order chi connectivity index (χ1) is 7.67. The summed E-state index contributed by atoms with van der Waals surface area (Å²) in [5.74, 6) is -1.11. The Kier molecular flexibility index (Phi) is 5.99. The van der Waals surface area contributed by atoms with Crippen LogP contribution < -0.4 is 4.72 Å². The predicted molar refractivity (Wildman–Crippen MR) is 59.5 cm³/mol. The van der Waals surface area contributed by atoms with Crippen LogP contribution in [0.25, 0.3) is 0 Å². The summed E-state index contributed by atoms with van der Waals surface area (Å²) < 4.78 is 26.3. The lowest BCUT2D eigenvalue weighted by atomic mass is 10.1. The quantitative estimate of drug-likeness (QED) is 0.403. The van der Waals surface area contributed by atoms with Crippen LogP contribution in [0.5, 0.6) is 0 Å². The van der Waals surface area contributed by atoms with Crippen molar-refractivity contribution in [1.82, 2.24) is 9.03 Å². The molecule has 0 fully saturated rings. The van der Waals surface area contributed by atoms with Gasteiger partial charge in [0.2, 0.25) is 0 Å². The Labute approximate surface area is 100 Å². The summed E-state index contributed by atoms with van der Waals surface area (Å²) in [6.45, 7) is -0.0157. The van der Waals surface area contributed by atoms with Crippen molar-refractivity contribution in [2.45, 2.75) is 18.9 Å². The number of carboxylic acids is 1. The van der Waals surface area contributed by atoms with Gasteiger partial charge < -0.3 is 15.3 Å². The third-order valence-corrected chi connectivity index (χ3v) is 3.88. The van der Waals surface area contributed by atoms with E-state index in [-0.39, 0.29) is 13.0 Å². The number of carboxylic acid groups (broad SMARTS) is 1. The fourth-order valence-corrected chi connectivity index (χ4v) is 2.12. The number of nitrogens with zero attached hydrogens (tertiary/aromatic N) is 1. The number of aliphatic hydroxyl groups excluding tert-OH is 2. The SMILES string of the molecule is CN(CCC(=O)O)S(=O)(=O)NC(C)(CO)CO. The summed E-state index contributed by atoms with van der Waals surface area (Å²) in [7, 11) is -2.73. The maximum Gasteiger partial charge on any atom is 0.304 e. The van der Waals surface area contributed by atoms with E-state index in [0.717, 1.165) is 4.31 Å². The van der Waals surface area contributed by atoms with E-state index in [1.54, 1.807) is 0 Å². The van der Waals surface area contributed by atoms with Gasteiger partial charge in [0.1, 0.15) is 0 Å². The molecule has 0 rings (SSSR count). The highest BCUT2D eigenvalue weighted by molar-refractivity contribution is 7.87. The Hall–Kier alpha value is -0.740. The van der Waals surface area contributed by atoms with Crippen LogP contribution in [-0.4, -0.2) is 66.4 Å². The summed E-state index contributed by atoms with van der Waals surface area (Å²) in [6, 6.07) is 0. The van der Waals surface area contributed by atoms with Gasteiger partial charge in [0.25, 0.3) is 10.2 Å². The van der Waals surface area contributed by atoms with Gasteiger partial charge in [-0.15, -0.1) is 0 Å². The summed E-state index contributed by atoms with van der Waals surface area (Å²) in [4.78, 5) is 10.3. The Morgan fingerprint density at radius 2 is 1.82 bits per heavy atom. The lowest BCUT2D eigenvalue weighted by Crippen LogP contribution is -2.55. The second-order valence-corrected chi connectivity index (χ2v) is 5.73. The van der Waals surface area contributed by atoms with Gasteiger partial charge in [-0.2, -0.15) is 17.4 Å². The van der Waals surface area contributed by atoms with Crippen molar-refractivity contribution in [3.63, 3.8) is 0 Å². The van der Waals surface area contributed by atoms with Crippen molar-refractivity contribution in [3.05, 3.63) is 0 Å². The molecule has 0 aliphatic rings. The molecular formula is C8H18N2O6S. The van der Waals surface area contributed by atoms with Crippen LogP contribution in [-0.2, 0) is 15.0 Å². The zero-order valence-corrected chi connectivity index (χ0v) is 10.6. The molecule has 9 heteroatoms. The van der Waals surface area contributed by atoms with Gasteiger partial charge in [-0.1, -0.05) is 0 Å². The van der Waals surface area contributed by atoms with E-state index in [2.05, 4.69) is 4.72 Å². The fraction of sp³-hybridized carbons (Fsp3) is 0.875. The standard InChI is InChI=1S/C8H18N2O6S/c1-8(5-11,6-12)9-17(15,16)10(2)4-3-7(13)14/h9,11-12H,3-6H2,1-2H3,(H,13,14). The van der Waals surface area contributed by atoms with Crippen molar-refractivity contribution in [2.24, 2.45) is 0 Å². The monoisotopic (exact) mass is 270 g/mol. The van der Waals surface area contributed by atoms with Gasteiger partial charge in [0.15, 0.2) is 0 Å². The number of rotatable bonds is 8. The normalized spacial score (nSPS) is 13.0. The zero-order chi connectivity index (χ0) is 13.7. The van der Waals surface area contributed by atoms with Crippen molar-refractivity contribution in [1.29, 1.82) is 0 Å². The number of hydrogen-bond acceptors (Lipinski definition) is 5. The summed E-state index contributed by atoms with van der Waals surface area (Å²) in [5.41, 5.74) is -1.38. The average Bonchev–Trinajstić information content (AvgIpc) is 2.24. The molecule has 0 radical (unpaired) electrons. The van der Waals surface area contributed by atoms with Crippen molar-refractivity contribution >= 4 is 16.2 Å². The molecular weight excluding hydrogens is 252 g/mol. The minimum absolute atomic E-state index is 0.197. The molecule has 0 aromatic heterocycles. The van der Waals surface area contributed by atoms with Crippen LogP contribution >= 0.6 is 0 Å². The zero-order valence-electron chi connectivity index (χ0n) is 9.75. The number of hydrogen-bond donors (Lipinski definition) is 4. The largest absolute Gasteiger partial charge is 0.481 e. The second-order valence-electron chi connectivity index (χ2n) is 3.95. The first-order valence-electron chi connectivity index (χ1n) is 4.85. The molecule has 0 amide bonds. The molecule has 8 nitrogen and oxygen atoms in total. The number of carbonyl (C=O) groups is 1. The van der Waals surface area contributed by atoms with Crippen LogP contribution in [0, 0.1) is 0 Å². The van der Waals surface area contributed by atoms with Crippen LogP contribution in [0.4, 0.5) is 0 Å². The fourth-order valence-electron chi connectivity index (χ4n) is 0.877. The van der Waals surface area contributed by atoms with Gasteiger partial charge >= 0.3 is 5.97 Å². The topological polar surface area (TPSA) is 127 Å². The molecule has 0 aliphatic carbocycles. The molecule has 0 heterocycles. The molecule has 0 bridgehead atoms. The van der Waals surface area contributed by atoms with E-state index in [1.165, 1.54) is 14.0 Å². The third-order valence-electron chi connectivity index (χ3n) is 2.12. The highest BCUT2D eigenvalue weighted by atomic mass is 32.2. The Morgan fingerprint density at radius 3 is 2.18 bits per heavy atom. The molecule has 0 atom stereocenters. The minimum atomic E-state index is -3.94. The minimum Gasteiger partial charge on any atom is -0.481 e. The van der Waals surface area contributed by atoms with Crippen LogP contribution in [0.15, 0.2) is 0 Å². The van der Waals surface area contributed by atoms with E-state index in [1.807, 2.05) is 0 Å². The average molecular weight is 270 g/mol. The predicted octanol–water partition coefficient (Wildman–Crippen LogP) is -2.03. The summed E-state index contributed by atoms with van der Waals surface area (Å²) in [6.07, 6.45) is -0.327. The molecule has 0 aromatic rings. The van der Waals surface area contributed by atoms with Crippen molar-refractivity contribution < 1.29 is 28.5 Å². The summed E-state index contributed by atoms with van der Waals surface area (Å²) >= 11 is 0. The second kappa shape index (κ2) is 6.26. The van der Waals surface area contributed by atoms with Gasteiger partial charge in [-0.3, -0.25) is 4.79 Å². The highest BCUT2D eigenvalue weighted by Gasteiger charge is 2.30. The van der Waals surface area contributed by atoms with Crippen LogP contribution in [0.2, 0.25) is 0 Å². The van der Waals surface area contributed by atoms with Crippen molar-refractivity contribution in [3.8, 4) is 0 Å². The third kappa shape index (κ3) is 5.41. The lowest BCUT2D eigenvalue weighted by Gasteiger charge is -2.28. The maximum absolute atomic E-state index is 11.7. The highest BCUT2D eigenvalue weighted by Crippen LogP contribution is 2.06. The molecule has 0 spiro atoms. The molecule has 17 heavy (non-hydrogen) atoms. The van der Waals surface area contributed by atoms with Crippen LogP contribution in [0.1, 0.15) is 13.3 Å². The van der Waals surface area contributed by atoms with Crippen LogP contribution in [0.3, 0.4) is 0 Å². The van der Waals surface area contributed by atoms with E-state index >= 15 is 0 Å². The maximum atomic E-state index is 11.7. The van der Waals surface area contributed by atoms with E-state index in [4.69, 9.17) is 15.3 Å². The Balaban J connectivity index is 4.62. The Morgan fingerprint density at radius 1 is 1.35 bits per heavy atom.